The molecule has 16 heavy (non-hydrogen) atoms. The zero-order chi connectivity index (χ0) is 12.3. The van der Waals surface area contributed by atoms with Crippen LogP contribution in [-0.2, 0) is 14.6 Å². The van der Waals surface area contributed by atoms with E-state index in [9.17, 15) is 13.2 Å². The van der Waals surface area contributed by atoms with Crippen LogP contribution in [0.1, 0.15) is 13.3 Å². The molecule has 0 bridgehead atoms. The van der Waals surface area contributed by atoms with Crippen molar-refractivity contribution in [2.45, 2.75) is 13.3 Å². The quantitative estimate of drug-likeness (QED) is 0.746. The number of rotatable bonds is 5. The van der Waals surface area contributed by atoms with Gasteiger partial charge in [-0.1, -0.05) is 6.92 Å². The highest BCUT2D eigenvalue weighted by Gasteiger charge is 2.34. The Labute approximate surface area is 96.4 Å². The topological polar surface area (TPSA) is 74.7 Å². The summed E-state index contributed by atoms with van der Waals surface area (Å²) in [5.41, 5.74) is 0. The molecule has 0 amide bonds. The van der Waals surface area contributed by atoms with Gasteiger partial charge in [0.2, 0.25) is 0 Å². The SMILES string of the molecule is CC1CN(CCCS(C)(=O)=O)CC1C(=O)O. The number of hydrogen-bond donors (Lipinski definition) is 1. The highest BCUT2D eigenvalue weighted by Crippen LogP contribution is 2.22. The van der Waals surface area contributed by atoms with E-state index in [-0.39, 0.29) is 17.6 Å². The molecule has 1 aliphatic heterocycles. The number of sulfone groups is 1. The second kappa shape index (κ2) is 5.14. The van der Waals surface area contributed by atoms with Crippen molar-refractivity contribution in [1.29, 1.82) is 0 Å². The molecule has 0 spiro atoms. The van der Waals surface area contributed by atoms with Crippen molar-refractivity contribution in [3.05, 3.63) is 0 Å². The average Bonchev–Trinajstić information content (AvgIpc) is 2.44. The molecular weight excluding hydrogens is 230 g/mol. The minimum atomic E-state index is -2.90. The Morgan fingerprint density at radius 1 is 1.44 bits per heavy atom. The van der Waals surface area contributed by atoms with E-state index in [1.54, 1.807) is 0 Å². The monoisotopic (exact) mass is 249 g/mol. The van der Waals surface area contributed by atoms with Crippen LogP contribution in [0.3, 0.4) is 0 Å². The molecule has 0 radical (unpaired) electrons. The van der Waals surface area contributed by atoms with Crippen LogP contribution in [0.2, 0.25) is 0 Å². The van der Waals surface area contributed by atoms with Crippen LogP contribution in [0.15, 0.2) is 0 Å². The number of aliphatic carboxylic acids is 1. The second-order valence-electron chi connectivity index (χ2n) is 4.67. The van der Waals surface area contributed by atoms with Gasteiger partial charge < -0.3 is 10.0 Å². The van der Waals surface area contributed by atoms with Crippen molar-refractivity contribution in [3.8, 4) is 0 Å². The van der Waals surface area contributed by atoms with Gasteiger partial charge in [0.25, 0.3) is 0 Å². The Morgan fingerprint density at radius 2 is 2.06 bits per heavy atom. The van der Waals surface area contributed by atoms with Gasteiger partial charge >= 0.3 is 5.97 Å². The van der Waals surface area contributed by atoms with E-state index >= 15 is 0 Å². The summed E-state index contributed by atoms with van der Waals surface area (Å²) < 4.78 is 21.9. The van der Waals surface area contributed by atoms with Crippen LogP contribution in [-0.4, -0.2) is 56.0 Å². The molecule has 1 aliphatic rings. The lowest BCUT2D eigenvalue weighted by Gasteiger charge is -2.14. The van der Waals surface area contributed by atoms with Crippen molar-refractivity contribution in [2.75, 3.05) is 31.6 Å². The third-order valence-electron chi connectivity index (χ3n) is 2.99. The minimum Gasteiger partial charge on any atom is -0.481 e. The molecular formula is C10H19NO4S. The van der Waals surface area contributed by atoms with Crippen molar-refractivity contribution >= 4 is 15.8 Å². The lowest BCUT2D eigenvalue weighted by molar-refractivity contribution is -0.142. The van der Waals surface area contributed by atoms with Gasteiger partial charge in [0.1, 0.15) is 9.84 Å². The van der Waals surface area contributed by atoms with Gasteiger partial charge in [0.15, 0.2) is 0 Å². The fourth-order valence-corrected chi connectivity index (χ4v) is 2.78. The van der Waals surface area contributed by atoms with E-state index in [0.29, 0.717) is 19.5 Å². The molecule has 94 valence electrons. The summed E-state index contributed by atoms with van der Waals surface area (Å²) in [7, 11) is -2.90. The standard InChI is InChI=1S/C10H19NO4S/c1-8-6-11(7-9(8)10(12)13)4-3-5-16(2,14)15/h8-9H,3-7H2,1-2H3,(H,12,13). The zero-order valence-electron chi connectivity index (χ0n) is 9.72. The van der Waals surface area contributed by atoms with E-state index in [4.69, 9.17) is 5.11 Å². The maximum Gasteiger partial charge on any atom is 0.308 e. The normalized spacial score (nSPS) is 27.1. The summed E-state index contributed by atoms with van der Waals surface area (Å²) in [6.07, 6.45) is 1.80. The number of nitrogens with zero attached hydrogens (tertiary/aromatic N) is 1. The van der Waals surface area contributed by atoms with Crippen molar-refractivity contribution < 1.29 is 18.3 Å². The number of carboxylic acids is 1. The highest BCUT2D eigenvalue weighted by molar-refractivity contribution is 7.90. The number of likely N-dealkylation sites (tertiary alicyclic amines) is 1. The molecule has 1 fully saturated rings. The first-order valence-corrected chi connectivity index (χ1v) is 7.48. The van der Waals surface area contributed by atoms with Gasteiger partial charge in [0.05, 0.1) is 11.7 Å². The Kier molecular flexibility index (Phi) is 4.32. The fourth-order valence-electron chi connectivity index (χ4n) is 2.12. The maximum absolute atomic E-state index is 10.9. The van der Waals surface area contributed by atoms with Gasteiger partial charge in [-0.15, -0.1) is 0 Å². The number of hydrogen-bond acceptors (Lipinski definition) is 4. The lowest BCUT2D eigenvalue weighted by atomic mass is 9.99. The molecule has 2 atom stereocenters. The third kappa shape index (κ3) is 4.09. The average molecular weight is 249 g/mol. The molecule has 0 aliphatic carbocycles. The zero-order valence-corrected chi connectivity index (χ0v) is 10.5. The van der Waals surface area contributed by atoms with E-state index < -0.39 is 15.8 Å². The first-order chi connectivity index (χ1) is 7.29. The summed E-state index contributed by atoms with van der Waals surface area (Å²) >= 11 is 0. The number of carboxylic acid groups (broad SMARTS) is 1. The minimum absolute atomic E-state index is 0.149. The Morgan fingerprint density at radius 3 is 2.50 bits per heavy atom. The van der Waals surface area contributed by atoms with E-state index in [1.165, 1.54) is 6.26 Å². The van der Waals surface area contributed by atoms with Crippen molar-refractivity contribution in [2.24, 2.45) is 11.8 Å². The Bertz CT molecular complexity index is 352. The van der Waals surface area contributed by atoms with Crippen LogP contribution >= 0.6 is 0 Å². The summed E-state index contributed by atoms with van der Waals surface area (Å²) in [6, 6.07) is 0. The van der Waals surface area contributed by atoms with Gasteiger partial charge in [0, 0.05) is 19.3 Å². The van der Waals surface area contributed by atoms with E-state index in [2.05, 4.69) is 0 Å². The van der Waals surface area contributed by atoms with Crippen LogP contribution in [0, 0.1) is 11.8 Å². The molecule has 0 saturated carbocycles. The molecule has 2 unspecified atom stereocenters. The van der Waals surface area contributed by atoms with E-state index in [1.807, 2.05) is 11.8 Å². The summed E-state index contributed by atoms with van der Waals surface area (Å²) in [5.74, 6) is -0.734. The smallest absolute Gasteiger partial charge is 0.308 e. The van der Waals surface area contributed by atoms with E-state index in [0.717, 1.165) is 6.54 Å². The number of carbonyl (C=O) groups is 1. The van der Waals surface area contributed by atoms with Crippen molar-refractivity contribution in [3.63, 3.8) is 0 Å². The highest BCUT2D eigenvalue weighted by atomic mass is 32.2. The van der Waals surface area contributed by atoms with Crippen LogP contribution in [0.4, 0.5) is 0 Å². The molecule has 1 saturated heterocycles. The molecule has 6 heteroatoms. The molecule has 1 rings (SSSR count). The van der Waals surface area contributed by atoms with Gasteiger partial charge in [-0.25, -0.2) is 8.42 Å². The molecule has 5 nitrogen and oxygen atoms in total. The van der Waals surface area contributed by atoms with Crippen molar-refractivity contribution in [1.82, 2.24) is 4.90 Å². The summed E-state index contributed by atoms with van der Waals surface area (Å²) in [6.45, 7) is 3.89. The van der Waals surface area contributed by atoms with Crippen LogP contribution in [0.5, 0.6) is 0 Å². The Balaban J connectivity index is 2.34. The Hall–Kier alpha value is -0.620. The van der Waals surface area contributed by atoms with Gasteiger partial charge in [-0.3, -0.25) is 4.79 Å². The maximum atomic E-state index is 10.9. The second-order valence-corrected chi connectivity index (χ2v) is 6.92. The van der Waals surface area contributed by atoms with Crippen LogP contribution in [0.25, 0.3) is 0 Å². The predicted octanol–water partition coefficient (Wildman–Crippen LogP) is 0.0736. The molecule has 1 heterocycles. The largest absolute Gasteiger partial charge is 0.481 e. The summed E-state index contributed by atoms with van der Waals surface area (Å²) in [4.78, 5) is 12.9. The predicted molar refractivity (Wildman–Crippen MR) is 61.1 cm³/mol. The summed E-state index contributed by atoms with van der Waals surface area (Å²) in [5, 5.41) is 8.93. The molecule has 0 aromatic carbocycles. The first-order valence-electron chi connectivity index (χ1n) is 5.42. The molecule has 0 aromatic heterocycles. The lowest BCUT2D eigenvalue weighted by Crippen LogP contribution is -2.25. The van der Waals surface area contributed by atoms with Gasteiger partial charge in [-0.05, 0) is 18.9 Å². The first kappa shape index (κ1) is 13.4. The molecule has 1 N–H and O–H groups in total. The van der Waals surface area contributed by atoms with Crippen LogP contribution < -0.4 is 0 Å². The molecule has 0 aromatic rings. The van der Waals surface area contributed by atoms with Gasteiger partial charge in [-0.2, -0.15) is 0 Å². The third-order valence-corrected chi connectivity index (χ3v) is 4.02. The fraction of sp³-hybridized carbons (Fsp3) is 0.900.